The van der Waals surface area contributed by atoms with Gasteiger partial charge in [-0.15, -0.1) is 0 Å². The van der Waals surface area contributed by atoms with Crippen LogP contribution in [0.4, 0.5) is 5.69 Å². The Morgan fingerprint density at radius 1 is 0.868 bits per heavy atom. The molecule has 204 valence electrons. The minimum absolute atomic E-state index is 0.145. The predicted octanol–water partition coefficient (Wildman–Crippen LogP) is 3.33. The van der Waals surface area contributed by atoms with Crippen LogP contribution in [0, 0.1) is 13.8 Å². The number of anilines is 1. The summed E-state index contributed by atoms with van der Waals surface area (Å²) < 4.78 is 57.3. The van der Waals surface area contributed by atoms with Crippen molar-refractivity contribution in [2.75, 3.05) is 37.8 Å². The fraction of sp³-hybridized carbons (Fsp3) is 0.296. The second-order valence-corrected chi connectivity index (χ2v) is 13.2. The lowest BCUT2D eigenvalue weighted by Gasteiger charge is -2.23. The molecule has 1 amide bonds. The van der Waals surface area contributed by atoms with Gasteiger partial charge in [-0.05, 0) is 79.1 Å². The van der Waals surface area contributed by atoms with Crippen molar-refractivity contribution in [3.05, 3.63) is 89.0 Å². The zero-order valence-corrected chi connectivity index (χ0v) is 23.8. The number of sulfonamides is 2. The number of carbonyl (C=O) groups is 1. The third-order valence-corrected chi connectivity index (χ3v) is 8.67. The van der Waals surface area contributed by atoms with E-state index >= 15 is 0 Å². The molecule has 3 aromatic carbocycles. The molecule has 3 aromatic rings. The van der Waals surface area contributed by atoms with Gasteiger partial charge in [0.15, 0.2) is 0 Å². The van der Waals surface area contributed by atoms with Gasteiger partial charge in [0.1, 0.15) is 12.4 Å². The fourth-order valence-electron chi connectivity index (χ4n) is 3.78. The van der Waals surface area contributed by atoms with E-state index in [2.05, 4.69) is 5.32 Å². The highest BCUT2D eigenvalue weighted by molar-refractivity contribution is 7.92. The number of hydrogen-bond acceptors (Lipinski definition) is 6. The largest absolute Gasteiger partial charge is 0.492 e. The summed E-state index contributed by atoms with van der Waals surface area (Å²) in [6.07, 6.45) is 1.18. The zero-order valence-electron chi connectivity index (χ0n) is 22.1. The average Bonchev–Trinajstić information content (AvgIpc) is 2.84. The number of aryl methyl sites for hydroxylation is 2. The molecule has 0 saturated heterocycles. The lowest BCUT2D eigenvalue weighted by atomic mass is 10.1. The van der Waals surface area contributed by atoms with E-state index in [0.717, 1.165) is 21.0 Å². The normalized spacial score (nSPS) is 11.8. The Labute approximate surface area is 225 Å². The van der Waals surface area contributed by atoms with E-state index in [1.165, 1.54) is 36.8 Å². The van der Waals surface area contributed by atoms with Crippen LogP contribution in [0.1, 0.15) is 27.0 Å². The minimum Gasteiger partial charge on any atom is -0.492 e. The molecule has 38 heavy (non-hydrogen) atoms. The quantitative estimate of drug-likeness (QED) is 0.361. The first-order valence-electron chi connectivity index (χ1n) is 11.9. The second kappa shape index (κ2) is 12.0. The molecule has 0 aliphatic heterocycles. The Bertz CT molecular complexity index is 1460. The second-order valence-electron chi connectivity index (χ2n) is 9.18. The highest BCUT2D eigenvalue weighted by Gasteiger charge is 2.19. The van der Waals surface area contributed by atoms with E-state index in [1.807, 2.05) is 32.0 Å². The molecule has 11 heteroatoms. The molecule has 1 N–H and O–H groups in total. The molecular formula is C27H33N3O6S2. The first kappa shape index (κ1) is 29.2. The highest BCUT2D eigenvalue weighted by Crippen LogP contribution is 2.24. The molecular weight excluding hydrogens is 526 g/mol. The molecule has 0 aliphatic carbocycles. The van der Waals surface area contributed by atoms with Crippen LogP contribution in [0.15, 0.2) is 71.6 Å². The van der Waals surface area contributed by atoms with E-state index in [1.54, 1.807) is 36.4 Å². The van der Waals surface area contributed by atoms with Crippen LogP contribution in [0.25, 0.3) is 0 Å². The molecule has 0 bridgehead atoms. The Kier molecular flexibility index (Phi) is 9.18. The van der Waals surface area contributed by atoms with Crippen LogP contribution in [-0.2, 0) is 26.6 Å². The summed E-state index contributed by atoms with van der Waals surface area (Å²) in [4.78, 5) is 12.7. The molecule has 0 aromatic heterocycles. The standard InChI is InChI=1S/C27H33N3O6S2/c1-20-16-21(2)18-24(17-20)30(37(5,32)33)19-22-6-8-23(9-7-22)27(31)28-14-15-36-25-10-12-26(13-11-25)38(34,35)29(3)4/h6-13,16-18H,14-15,19H2,1-5H3,(H,28,31). The van der Waals surface area contributed by atoms with Crippen molar-refractivity contribution in [2.24, 2.45) is 0 Å². The fourth-order valence-corrected chi connectivity index (χ4v) is 5.55. The number of nitrogens with one attached hydrogen (secondary N) is 1. The first-order valence-corrected chi connectivity index (χ1v) is 15.1. The average molecular weight is 560 g/mol. The molecule has 0 unspecified atom stereocenters. The molecule has 0 saturated carbocycles. The number of rotatable bonds is 11. The Morgan fingerprint density at radius 2 is 1.45 bits per heavy atom. The van der Waals surface area contributed by atoms with Crippen LogP contribution < -0.4 is 14.4 Å². The monoisotopic (exact) mass is 559 g/mol. The number of hydrogen-bond donors (Lipinski definition) is 1. The van der Waals surface area contributed by atoms with E-state index in [-0.39, 0.29) is 30.5 Å². The third-order valence-electron chi connectivity index (χ3n) is 5.70. The smallest absolute Gasteiger partial charge is 0.251 e. The highest BCUT2D eigenvalue weighted by atomic mass is 32.2. The summed E-state index contributed by atoms with van der Waals surface area (Å²) in [7, 11) is -4.10. The number of nitrogens with zero attached hydrogens (tertiary/aromatic N) is 2. The molecule has 9 nitrogen and oxygen atoms in total. The van der Waals surface area contributed by atoms with Gasteiger partial charge in [0.25, 0.3) is 5.91 Å². The van der Waals surface area contributed by atoms with Crippen LogP contribution in [-0.4, -0.2) is 60.6 Å². The first-order chi connectivity index (χ1) is 17.8. The van der Waals surface area contributed by atoms with Gasteiger partial charge in [-0.3, -0.25) is 9.10 Å². The van der Waals surface area contributed by atoms with Gasteiger partial charge < -0.3 is 10.1 Å². The Morgan fingerprint density at radius 3 is 1.97 bits per heavy atom. The van der Waals surface area contributed by atoms with Crippen LogP contribution in [0.3, 0.4) is 0 Å². The topological polar surface area (TPSA) is 113 Å². The molecule has 0 fully saturated rings. The lowest BCUT2D eigenvalue weighted by molar-refractivity contribution is 0.0947. The van der Waals surface area contributed by atoms with Crippen molar-refractivity contribution in [3.8, 4) is 5.75 Å². The molecule has 0 aliphatic rings. The molecule has 0 atom stereocenters. The van der Waals surface area contributed by atoms with Crippen molar-refractivity contribution < 1.29 is 26.4 Å². The number of ether oxygens (including phenoxy) is 1. The maximum atomic E-state index is 12.5. The maximum absolute atomic E-state index is 12.5. The van der Waals surface area contributed by atoms with Gasteiger partial charge in [0.05, 0.1) is 29.9 Å². The maximum Gasteiger partial charge on any atom is 0.251 e. The van der Waals surface area contributed by atoms with Gasteiger partial charge in [-0.2, -0.15) is 0 Å². The molecule has 0 heterocycles. The molecule has 0 radical (unpaired) electrons. The Hall–Kier alpha value is -3.41. The summed E-state index contributed by atoms with van der Waals surface area (Å²) in [6.45, 7) is 4.43. The lowest BCUT2D eigenvalue weighted by Crippen LogP contribution is -2.30. The van der Waals surface area contributed by atoms with Crippen LogP contribution in [0.5, 0.6) is 5.75 Å². The summed E-state index contributed by atoms with van der Waals surface area (Å²) >= 11 is 0. The summed E-state index contributed by atoms with van der Waals surface area (Å²) in [5.41, 5.74) is 3.72. The summed E-state index contributed by atoms with van der Waals surface area (Å²) in [6, 6.07) is 18.5. The van der Waals surface area contributed by atoms with Gasteiger partial charge in [0, 0.05) is 19.7 Å². The van der Waals surface area contributed by atoms with E-state index in [0.29, 0.717) is 17.0 Å². The van der Waals surface area contributed by atoms with Crippen molar-refractivity contribution in [1.82, 2.24) is 9.62 Å². The van der Waals surface area contributed by atoms with Gasteiger partial charge in [-0.1, -0.05) is 18.2 Å². The van der Waals surface area contributed by atoms with Crippen molar-refractivity contribution in [3.63, 3.8) is 0 Å². The van der Waals surface area contributed by atoms with E-state index in [9.17, 15) is 21.6 Å². The predicted molar refractivity (Wildman–Crippen MR) is 149 cm³/mol. The number of carbonyl (C=O) groups excluding carboxylic acids is 1. The van der Waals surface area contributed by atoms with Gasteiger partial charge in [-0.25, -0.2) is 21.1 Å². The SMILES string of the molecule is Cc1cc(C)cc(N(Cc2ccc(C(=O)NCCOc3ccc(S(=O)(=O)N(C)C)cc3)cc2)S(C)(=O)=O)c1. The number of amides is 1. The van der Waals surface area contributed by atoms with Crippen molar-refractivity contribution >= 4 is 31.6 Å². The molecule has 3 rings (SSSR count). The number of benzene rings is 3. The van der Waals surface area contributed by atoms with Crippen molar-refractivity contribution in [1.29, 1.82) is 0 Å². The van der Waals surface area contributed by atoms with Crippen LogP contribution >= 0.6 is 0 Å². The van der Waals surface area contributed by atoms with Crippen molar-refractivity contribution in [2.45, 2.75) is 25.3 Å². The van der Waals surface area contributed by atoms with E-state index < -0.39 is 20.0 Å². The minimum atomic E-state index is -3.52. The summed E-state index contributed by atoms with van der Waals surface area (Å²) in [5.74, 6) is 0.197. The van der Waals surface area contributed by atoms with Gasteiger partial charge >= 0.3 is 0 Å². The van der Waals surface area contributed by atoms with E-state index in [4.69, 9.17) is 4.74 Å². The third kappa shape index (κ3) is 7.56. The zero-order chi connectivity index (χ0) is 28.1. The van der Waals surface area contributed by atoms with Crippen LogP contribution in [0.2, 0.25) is 0 Å². The molecule has 0 spiro atoms. The summed E-state index contributed by atoms with van der Waals surface area (Å²) in [5, 5.41) is 2.77. The Balaban J connectivity index is 1.55. The van der Waals surface area contributed by atoms with Gasteiger partial charge in [0.2, 0.25) is 20.0 Å².